The van der Waals surface area contributed by atoms with Crippen LogP contribution in [-0.2, 0) is 6.42 Å². The molecule has 0 atom stereocenters. The van der Waals surface area contributed by atoms with Crippen LogP contribution < -0.4 is 5.56 Å². The highest BCUT2D eigenvalue weighted by Gasteiger charge is 2.20. The highest BCUT2D eigenvalue weighted by Crippen LogP contribution is 2.28. The first-order chi connectivity index (χ1) is 13.2. The second-order valence-corrected chi connectivity index (χ2v) is 7.74. The zero-order valence-electron chi connectivity index (χ0n) is 15.3. The van der Waals surface area contributed by atoms with Gasteiger partial charge in [-0.05, 0) is 74.6 Å². The van der Waals surface area contributed by atoms with Gasteiger partial charge < -0.3 is 9.88 Å². The summed E-state index contributed by atoms with van der Waals surface area (Å²) in [5, 5.41) is 1.46. The molecule has 0 aliphatic carbocycles. The van der Waals surface area contributed by atoms with E-state index in [-0.39, 0.29) is 5.56 Å². The van der Waals surface area contributed by atoms with Gasteiger partial charge in [0.05, 0.1) is 10.9 Å². The zero-order valence-corrected chi connectivity index (χ0v) is 16.1. The quantitative estimate of drug-likeness (QED) is 0.713. The van der Waals surface area contributed by atoms with Crippen LogP contribution >= 0.6 is 11.6 Å². The van der Waals surface area contributed by atoms with Gasteiger partial charge >= 0.3 is 0 Å². The summed E-state index contributed by atoms with van der Waals surface area (Å²) in [6.45, 7) is 3.29. The van der Waals surface area contributed by atoms with E-state index >= 15 is 0 Å². The summed E-state index contributed by atoms with van der Waals surface area (Å²) in [6.07, 6.45) is 4.18. The number of fused-ring (bicyclic) bond motifs is 1. The molecule has 2 aromatic carbocycles. The number of piperidine rings is 1. The molecular formula is C22H24ClN3O. The fourth-order valence-electron chi connectivity index (χ4n) is 3.95. The molecule has 2 heterocycles. The Bertz CT molecular complexity index is 959. The summed E-state index contributed by atoms with van der Waals surface area (Å²) >= 11 is 5.99. The van der Waals surface area contributed by atoms with Gasteiger partial charge in [0.1, 0.15) is 5.82 Å². The monoisotopic (exact) mass is 381 g/mol. The number of likely N-dealkylation sites (tertiary alicyclic amines) is 1. The van der Waals surface area contributed by atoms with Crippen molar-refractivity contribution in [2.24, 2.45) is 0 Å². The molecule has 27 heavy (non-hydrogen) atoms. The lowest BCUT2D eigenvalue weighted by Gasteiger charge is -2.32. The predicted octanol–water partition coefficient (Wildman–Crippen LogP) is 4.39. The Balaban J connectivity index is 1.28. The van der Waals surface area contributed by atoms with Crippen molar-refractivity contribution in [3.8, 4) is 0 Å². The van der Waals surface area contributed by atoms with Gasteiger partial charge in [-0.2, -0.15) is 0 Å². The molecule has 1 aliphatic rings. The summed E-state index contributed by atoms with van der Waals surface area (Å²) in [5.74, 6) is 1.42. The highest BCUT2D eigenvalue weighted by molar-refractivity contribution is 6.30. The maximum Gasteiger partial charge on any atom is 0.258 e. The molecule has 0 bridgehead atoms. The van der Waals surface area contributed by atoms with Crippen molar-refractivity contribution in [2.45, 2.75) is 31.6 Å². The number of para-hydroxylation sites is 1. The van der Waals surface area contributed by atoms with Gasteiger partial charge in [0.25, 0.3) is 5.56 Å². The summed E-state index contributed by atoms with van der Waals surface area (Å²) in [7, 11) is 0. The second kappa shape index (κ2) is 8.24. The Labute approximate surface area is 164 Å². The summed E-state index contributed by atoms with van der Waals surface area (Å²) in [4.78, 5) is 22.2. The largest absolute Gasteiger partial charge is 0.310 e. The van der Waals surface area contributed by atoms with E-state index in [2.05, 4.69) is 27.0 Å². The van der Waals surface area contributed by atoms with Crippen LogP contribution in [-0.4, -0.2) is 34.5 Å². The summed E-state index contributed by atoms with van der Waals surface area (Å²) < 4.78 is 0. The van der Waals surface area contributed by atoms with Crippen molar-refractivity contribution >= 4 is 22.5 Å². The van der Waals surface area contributed by atoms with E-state index in [1.54, 1.807) is 0 Å². The molecular weight excluding hydrogens is 358 g/mol. The van der Waals surface area contributed by atoms with Crippen LogP contribution in [0.4, 0.5) is 0 Å². The molecule has 0 radical (unpaired) electrons. The lowest BCUT2D eigenvalue weighted by Crippen LogP contribution is -2.34. The fourth-order valence-corrected chi connectivity index (χ4v) is 4.07. The first-order valence-corrected chi connectivity index (χ1v) is 10.0. The van der Waals surface area contributed by atoms with Crippen molar-refractivity contribution in [3.63, 3.8) is 0 Å². The van der Waals surface area contributed by atoms with Crippen molar-refractivity contribution in [3.05, 3.63) is 75.3 Å². The van der Waals surface area contributed by atoms with Gasteiger partial charge in [-0.25, -0.2) is 4.98 Å². The number of aromatic nitrogens is 2. The van der Waals surface area contributed by atoms with Gasteiger partial charge in [0, 0.05) is 11.4 Å². The van der Waals surface area contributed by atoms with Crippen molar-refractivity contribution < 1.29 is 0 Å². The van der Waals surface area contributed by atoms with E-state index in [0.29, 0.717) is 11.3 Å². The molecule has 0 amide bonds. The topological polar surface area (TPSA) is 49.0 Å². The maximum atomic E-state index is 12.1. The third kappa shape index (κ3) is 4.40. The van der Waals surface area contributed by atoms with Crippen LogP contribution in [0.1, 0.15) is 36.6 Å². The molecule has 0 saturated carbocycles. The van der Waals surface area contributed by atoms with Crippen LogP contribution in [0.5, 0.6) is 0 Å². The number of H-pyrrole nitrogens is 1. The van der Waals surface area contributed by atoms with Crippen LogP contribution in [0.25, 0.3) is 10.9 Å². The van der Waals surface area contributed by atoms with E-state index in [1.807, 2.05) is 36.4 Å². The Kier molecular flexibility index (Phi) is 5.55. The van der Waals surface area contributed by atoms with Gasteiger partial charge in [0.2, 0.25) is 0 Å². The van der Waals surface area contributed by atoms with Gasteiger partial charge in [-0.3, -0.25) is 4.79 Å². The number of hydrogen-bond acceptors (Lipinski definition) is 3. The number of nitrogens with one attached hydrogen (secondary N) is 1. The number of aromatic amines is 1. The predicted molar refractivity (Wildman–Crippen MR) is 111 cm³/mol. The molecule has 0 spiro atoms. The Morgan fingerprint density at radius 2 is 1.81 bits per heavy atom. The van der Waals surface area contributed by atoms with Gasteiger partial charge in [-0.1, -0.05) is 35.9 Å². The SMILES string of the molecule is O=c1[nH]c(CCCN2CCC(c3ccc(Cl)cc3)CC2)nc2ccccc12. The third-order valence-electron chi connectivity index (χ3n) is 5.48. The minimum Gasteiger partial charge on any atom is -0.310 e. The van der Waals surface area contributed by atoms with Crippen molar-refractivity contribution in [2.75, 3.05) is 19.6 Å². The number of rotatable bonds is 5. The summed E-state index contributed by atoms with van der Waals surface area (Å²) in [6, 6.07) is 15.8. The van der Waals surface area contributed by atoms with Crippen LogP contribution in [0.3, 0.4) is 0 Å². The number of aryl methyl sites for hydroxylation is 1. The van der Waals surface area contributed by atoms with Crippen molar-refractivity contribution in [1.82, 2.24) is 14.9 Å². The molecule has 5 heteroatoms. The molecule has 3 aromatic rings. The first-order valence-electron chi connectivity index (χ1n) is 9.65. The number of benzene rings is 2. The smallest absolute Gasteiger partial charge is 0.258 e. The number of halogens is 1. The molecule has 0 unspecified atom stereocenters. The van der Waals surface area contributed by atoms with Crippen molar-refractivity contribution in [1.29, 1.82) is 0 Å². The molecule has 140 valence electrons. The van der Waals surface area contributed by atoms with Crippen LogP contribution in [0.2, 0.25) is 5.02 Å². The third-order valence-corrected chi connectivity index (χ3v) is 5.73. The lowest BCUT2D eigenvalue weighted by molar-refractivity contribution is 0.210. The maximum absolute atomic E-state index is 12.1. The highest BCUT2D eigenvalue weighted by atomic mass is 35.5. The molecule has 4 nitrogen and oxygen atoms in total. The Hall–Kier alpha value is -2.17. The average Bonchev–Trinajstić information content (AvgIpc) is 2.69. The molecule has 1 N–H and O–H groups in total. The Morgan fingerprint density at radius 3 is 2.59 bits per heavy atom. The normalized spacial score (nSPS) is 16.0. The minimum atomic E-state index is -0.0422. The lowest BCUT2D eigenvalue weighted by atomic mass is 9.89. The second-order valence-electron chi connectivity index (χ2n) is 7.30. The van der Waals surface area contributed by atoms with E-state index in [0.717, 1.165) is 48.8 Å². The zero-order chi connectivity index (χ0) is 18.6. The standard InChI is InChI=1S/C22H24ClN3O/c23-18-9-7-16(8-10-18)17-11-14-26(15-12-17)13-3-6-21-24-20-5-2-1-4-19(20)22(27)25-21/h1-2,4-5,7-10,17H,3,6,11-15H2,(H,24,25,27). The molecule has 4 rings (SSSR count). The molecule has 1 aromatic heterocycles. The van der Waals surface area contributed by atoms with E-state index in [4.69, 9.17) is 11.6 Å². The number of hydrogen-bond donors (Lipinski definition) is 1. The van der Waals surface area contributed by atoms with Gasteiger partial charge in [0.15, 0.2) is 0 Å². The van der Waals surface area contributed by atoms with Crippen LogP contribution in [0.15, 0.2) is 53.3 Å². The molecule has 1 aliphatic heterocycles. The number of nitrogens with zero attached hydrogens (tertiary/aromatic N) is 2. The van der Waals surface area contributed by atoms with Crippen LogP contribution in [0, 0.1) is 0 Å². The first kappa shape index (κ1) is 18.2. The average molecular weight is 382 g/mol. The van der Waals surface area contributed by atoms with E-state index in [1.165, 1.54) is 18.4 Å². The molecule has 1 saturated heterocycles. The van der Waals surface area contributed by atoms with E-state index < -0.39 is 0 Å². The fraction of sp³-hybridized carbons (Fsp3) is 0.364. The van der Waals surface area contributed by atoms with E-state index in [9.17, 15) is 4.79 Å². The Morgan fingerprint density at radius 1 is 1.07 bits per heavy atom. The minimum absolute atomic E-state index is 0.0422. The van der Waals surface area contributed by atoms with Gasteiger partial charge in [-0.15, -0.1) is 0 Å². The summed E-state index contributed by atoms with van der Waals surface area (Å²) in [5.41, 5.74) is 2.14. The molecule has 1 fully saturated rings.